The van der Waals surface area contributed by atoms with Crippen molar-refractivity contribution < 1.29 is 26.7 Å². The van der Waals surface area contributed by atoms with Crippen LogP contribution in [-0.2, 0) is 27.1 Å². The maximum atomic E-state index is 13.7. The Morgan fingerprint density at radius 1 is 1.18 bits per heavy atom. The lowest BCUT2D eigenvalue weighted by Crippen LogP contribution is -2.50. The van der Waals surface area contributed by atoms with E-state index >= 15 is 0 Å². The Morgan fingerprint density at radius 2 is 1.87 bits per heavy atom. The summed E-state index contributed by atoms with van der Waals surface area (Å²) in [6, 6.07) is 13.3. The maximum Gasteiger partial charge on any atom is 0.261 e. The minimum atomic E-state index is -4.04. The van der Waals surface area contributed by atoms with Crippen LogP contribution in [0.1, 0.15) is 25.0 Å². The second-order valence-corrected chi connectivity index (χ2v) is 13.5. The number of aliphatic hydroxyl groups is 1. The first-order valence-electron chi connectivity index (χ1n) is 12.4. The van der Waals surface area contributed by atoms with E-state index in [1.807, 2.05) is 30.3 Å². The van der Waals surface area contributed by atoms with Crippen molar-refractivity contribution in [3.63, 3.8) is 0 Å². The highest BCUT2D eigenvalue weighted by molar-refractivity contribution is 7.89. The number of fused-ring (bicyclic) bond motifs is 1. The molecule has 1 N–H and O–H groups in total. The van der Waals surface area contributed by atoms with Crippen LogP contribution in [0.5, 0.6) is 5.75 Å². The Labute approximate surface area is 230 Å². The molecule has 0 bridgehead atoms. The number of aryl methyl sites for hydroxylation is 1. The monoisotopic (exact) mass is 572 g/mol. The first-order valence-corrected chi connectivity index (χ1v) is 15.3. The van der Waals surface area contributed by atoms with Gasteiger partial charge in [0.1, 0.15) is 16.7 Å². The van der Waals surface area contributed by atoms with E-state index < -0.39 is 38.1 Å². The molecule has 2 aromatic carbocycles. The molecule has 0 amide bonds. The number of ether oxygens (including phenoxy) is 1. The van der Waals surface area contributed by atoms with Crippen molar-refractivity contribution in [1.82, 2.24) is 18.2 Å². The highest BCUT2D eigenvalue weighted by atomic mass is 32.2. The van der Waals surface area contributed by atoms with Crippen LogP contribution in [-0.4, -0.2) is 79.0 Å². The van der Waals surface area contributed by atoms with Crippen molar-refractivity contribution in [3.05, 3.63) is 72.2 Å². The first kappa shape index (κ1) is 28.8. The molecule has 0 aliphatic carbocycles. The lowest BCUT2D eigenvalue weighted by atomic mass is 10.0. The van der Waals surface area contributed by atoms with E-state index in [1.54, 1.807) is 37.6 Å². The zero-order valence-electron chi connectivity index (χ0n) is 22.2. The summed E-state index contributed by atoms with van der Waals surface area (Å²) in [5.41, 5.74) is 1.34. The van der Waals surface area contributed by atoms with Crippen molar-refractivity contribution in [3.8, 4) is 17.6 Å². The van der Waals surface area contributed by atoms with E-state index in [9.17, 15) is 21.9 Å². The minimum absolute atomic E-state index is 0.0290. The molecule has 0 saturated carbocycles. The number of likely N-dealkylation sites (N-methyl/N-ethyl adjacent to an activating group) is 1. The number of imidazole rings is 1. The Kier molecular flexibility index (Phi) is 8.48. The van der Waals surface area contributed by atoms with Crippen LogP contribution in [0, 0.1) is 17.8 Å². The van der Waals surface area contributed by atoms with Gasteiger partial charge in [-0.1, -0.05) is 37.0 Å². The van der Waals surface area contributed by atoms with Crippen LogP contribution >= 0.6 is 0 Å². The predicted molar refractivity (Wildman–Crippen MR) is 146 cm³/mol. The number of aliphatic hydroxyl groups excluding tert-OH is 1. The number of nitrogens with zero attached hydrogens (tertiary/aromatic N) is 4. The molecule has 39 heavy (non-hydrogen) atoms. The first-order chi connectivity index (χ1) is 18.4. The molecule has 3 aromatic rings. The van der Waals surface area contributed by atoms with E-state index in [1.165, 1.54) is 29.9 Å². The molecule has 0 unspecified atom stereocenters. The lowest BCUT2D eigenvalue weighted by molar-refractivity contribution is 0.0904. The summed E-state index contributed by atoms with van der Waals surface area (Å²) in [5, 5.41) is 9.74. The van der Waals surface area contributed by atoms with Gasteiger partial charge in [0.25, 0.3) is 10.0 Å². The molecule has 1 aliphatic heterocycles. The molecule has 1 aliphatic rings. The van der Waals surface area contributed by atoms with Gasteiger partial charge < -0.3 is 14.4 Å². The van der Waals surface area contributed by atoms with Crippen LogP contribution < -0.4 is 4.74 Å². The highest BCUT2D eigenvalue weighted by Gasteiger charge is 2.39. The van der Waals surface area contributed by atoms with Gasteiger partial charge in [-0.05, 0) is 37.3 Å². The molecule has 0 spiro atoms. The van der Waals surface area contributed by atoms with Gasteiger partial charge in [0.05, 0.1) is 19.5 Å². The van der Waals surface area contributed by atoms with Gasteiger partial charge in [-0.25, -0.2) is 21.8 Å². The molecule has 0 radical (unpaired) electrons. The van der Waals surface area contributed by atoms with Gasteiger partial charge in [0.15, 0.2) is 5.03 Å². The third kappa shape index (κ3) is 6.18. The Bertz CT molecular complexity index is 1590. The number of aromatic nitrogens is 2. The fourth-order valence-corrected chi connectivity index (χ4v) is 7.19. The normalized spacial score (nSPS) is 20.2. The summed E-state index contributed by atoms with van der Waals surface area (Å²) in [6.45, 7) is 3.02. The van der Waals surface area contributed by atoms with Gasteiger partial charge in [-0.2, -0.15) is 8.61 Å². The zero-order valence-corrected chi connectivity index (χ0v) is 23.9. The van der Waals surface area contributed by atoms with Crippen LogP contribution in [0.15, 0.2) is 71.0 Å². The van der Waals surface area contributed by atoms with E-state index in [-0.39, 0.29) is 35.4 Å². The van der Waals surface area contributed by atoms with E-state index in [0.717, 1.165) is 9.87 Å². The Hall–Kier alpha value is -3.21. The van der Waals surface area contributed by atoms with Gasteiger partial charge >= 0.3 is 0 Å². The van der Waals surface area contributed by atoms with Crippen LogP contribution in [0.4, 0.5) is 0 Å². The molecule has 0 saturated heterocycles. The molecule has 12 heteroatoms. The molecular formula is C27H32N4O6S2. The van der Waals surface area contributed by atoms with Crippen LogP contribution in [0.2, 0.25) is 0 Å². The highest BCUT2D eigenvalue weighted by Crippen LogP contribution is 2.34. The molecule has 10 nitrogen and oxygen atoms in total. The second-order valence-electron chi connectivity index (χ2n) is 9.68. The lowest BCUT2D eigenvalue weighted by Gasteiger charge is -2.37. The van der Waals surface area contributed by atoms with Crippen molar-refractivity contribution in [2.45, 2.75) is 35.9 Å². The summed E-state index contributed by atoms with van der Waals surface area (Å²) in [5.74, 6) is 5.73. The second kappa shape index (κ2) is 11.5. The fourth-order valence-electron chi connectivity index (χ4n) is 4.22. The Balaban J connectivity index is 1.74. The van der Waals surface area contributed by atoms with E-state index in [4.69, 9.17) is 4.74 Å². The number of hydrogen-bond acceptors (Lipinski definition) is 7. The van der Waals surface area contributed by atoms with Gasteiger partial charge in [-0.3, -0.25) is 0 Å². The SMILES string of the molecule is C[C@H]1CN([C@@H](C)CO)S(=O)(=O)c2ccc(C#Cc3ccccc3)cc2O[C@H]1CN(C)S(=O)(=O)c1cn(C)cn1. The van der Waals surface area contributed by atoms with E-state index in [0.29, 0.717) is 5.56 Å². The number of hydrogen-bond donors (Lipinski definition) is 1. The van der Waals surface area contributed by atoms with E-state index in [2.05, 4.69) is 16.8 Å². The average Bonchev–Trinajstić information content (AvgIpc) is 3.36. The summed E-state index contributed by atoms with van der Waals surface area (Å²) >= 11 is 0. The average molecular weight is 573 g/mol. The molecule has 0 fully saturated rings. The van der Waals surface area contributed by atoms with Crippen molar-refractivity contribution >= 4 is 20.0 Å². The van der Waals surface area contributed by atoms with Crippen molar-refractivity contribution in [2.24, 2.45) is 13.0 Å². The molecular weight excluding hydrogens is 540 g/mol. The number of benzene rings is 2. The third-order valence-corrected chi connectivity index (χ3v) is 10.3. The molecule has 1 aromatic heterocycles. The van der Waals surface area contributed by atoms with Gasteiger partial charge in [0.2, 0.25) is 10.0 Å². The maximum absolute atomic E-state index is 13.7. The molecule has 3 atom stereocenters. The summed E-state index contributed by atoms with van der Waals surface area (Å²) in [7, 11) is -4.84. The van der Waals surface area contributed by atoms with Crippen LogP contribution in [0.25, 0.3) is 0 Å². The third-order valence-electron chi connectivity index (χ3n) is 6.58. The summed E-state index contributed by atoms with van der Waals surface area (Å²) < 4.78 is 63.9. The van der Waals surface area contributed by atoms with Crippen molar-refractivity contribution in [1.29, 1.82) is 0 Å². The number of rotatable bonds is 6. The fraction of sp³-hybridized carbons (Fsp3) is 0.370. The predicted octanol–water partition coefficient (Wildman–Crippen LogP) is 1.91. The zero-order chi connectivity index (χ0) is 28.4. The van der Waals surface area contributed by atoms with Gasteiger partial charge in [0, 0.05) is 49.9 Å². The summed E-state index contributed by atoms with van der Waals surface area (Å²) in [4.78, 5) is 3.91. The summed E-state index contributed by atoms with van der Waals surface area (Å²) in [6.07, 6.45) is 2.11. The smallest absolute Gasteiger partial charge is 0.261 e. The quantitative estimate of drug-likeness (QED) is 0.448. The molecule has 4 rings (SSSR count). The van der Waals surface area contributed by atoms with Crippen LogP contribution in [0.3, 0.4) is 0 Å². The van der Waals surface area contributed by atoms with Crippen molar-refractivity contribution in [2.75, 3.05) is 26.7 Å². The standard InChI is InChI=1S/C27H32N4O6S2/c1-20-15-31(21(2)18-32)38(33,34)26-13-12-23(11-10-22-8-6-5-7-9-22)14-24(26)37-25(20)16-30(4)39(35,36)27-17-29(3)19-28-27/h5-9,12-14,17,19-21,25,32H,15-16,18H2,1-4H3/t20-,21-,25-/m0/s1. The Morgan fingerprint density at radius 3 is 2.51 bits per heavy atom. The number of sulfonamides is 2. The topological polar surface area (TPSA) is 122 Å². The van der Waals surface area contributed by atoms with Gasteiger partial charge in [-0.15, -0.1) is 0 Å². The largest absolute Gasteiger partial charge is 0.487 e. The minimum Gasteiger partial charge on any atom is -0.487 e. The molecule has 2 heterocycles. The molecule has 208 valence electrons.